The highest BCUT2D eigenvalue weighted by atomic mass is 31.1. The molecule has 0 saturated carbocycles. The molecule has 0 radical (unpaired) electrons. The maximum absolute atomic E-state index is 6.73. The second-order valence-corrected chi connectivity index (χ2v) is 39.9. The van der Waals surface area contributed by atoms with Gasteiger partial charge in [0.2, 0.25) is 0 Å². The van der Waals surface area contributed by atoms with Gasteiger partial charge in [0, 0.05) is 16.8 Å². The number of hydrogen-bond acceptors (Lipinski definition) is 3. The zero-order valence-corrected chi connectivity index (χ0v) is 40.3. The average Bonchev–Trinajstić information content (AvgIpc) is 2.92. The maximum Gasteiger partial charge on any atom is 0.187 e. The Morgan fingerprint density at radius 2 is 0.700 bits per heavy atom. The smallest absolute Gasteiger partial charge is 0.187 e. The zero-order valence-electron chi connectivity index (χ0n) is 35.4. The first-order valence-electron chi connectivity index (χ1n) is 19.8. The largest absolute Gasteiger partial charge is 0.413 e. The van der Waals surface area contributed by atoms with E-state index >= 15 is 0 Å². The fourth-order valence-electron chi connectivity index (χ4n) is 8.29. The van der Waals surface area contributed by atoms with Crippen molar-refractivity contribution in [3.8, 4) is 0 Å². The van der Waals surface area contributed by atoms with E-state index in [1.54, 1.807) is 0 Å². The summed E-state index contributed by atoms with van der Waals surface area (Å²) in [7, 11) is -7.25. The van der Waals surface area contributed by atoms with E-state index in [9.17, 15) is 0 Å². The van der Waals surface area contributed by atoms with Crippen molar-refractivity contribution in [2.45, 2.75) is 186 Å². The van der Waals surface area contributed by atoms with E-state index < -0.39 is 33.0 Å². The van der Waals surface area contributed by atoms with Gasteiger partial charge in [0.1, 0.15) is 0 Å². The number of benzene rings is 2. The molecule has 0 bridgehead atoms. The molecule has 8 heteroatoms. The SMILES string of the molecule is CC(C)(C)O[Si](C)(C)CCC[Si](CCCP(c1ccccc1)c1ccccc1)(CCC[Si](C)(C)OC(C)(C)C)CCC[Si](C)(C)OC(C)(C)C. The Labute approximate surface area is 316 Å². The molecule has 50 heavy (non-hydrogen) atoms. The first-order valence-corrected chi connectivity index (χ1v) is 33.5. The Bertz CT molecular complexity index is 1110. The minimum absolute atomic E-state index is 0.0666. The van der Waals surface area contributed by atoms with Gasteiger partial charge < -0.3 is 13.3 Å². The van der Waals surface area contributed by atoms with Gasteiger partial charge in [-0.15, -0.1) is 0 Å². The van der Waals surface area contributed by atoms with Crippen LogP contribution < -0.4 is 10.6 Å². The molecule has 0 fully saturated rings. The Morgan fingerprint density at radius 1 is 0.420 bits per heavy atom. The summed E-state index contributed by atoms with van der Waals surface area (Å²) in [6, 6.07) is 32.3. The lowest BCUT2D eigenvalue weighted by Crippen LogP contribution is -2.42. The highest BCUT2D eigenvalue weighted by Gasteiger charge is 2.37. The topological polar surface area (TPSA) is 27.7 Å². The Morgan fingerprint density at radius 3 is 0.980 bits per heavy atom. The Balaban J connectivity index is 2.40. The van der Waals surface area contributed by atoms with Crippen molar-refractivity contribution >= 4 is 51.6 Å². The molecule has 0 amide bonds. The molecule has 0 saturated heterocycles. The van der Waals surface area contributed by atoms with Crippen molar-refractivity contribution in [3.63, 3.8) is 0 Å². The van der Waals surface area contributed by atoms with Crippen LogP contribution in [-0.4, -0.2) is 56.0 Å². The van der Waals surface area contributed by atoms with Crippen LogP contribution in [0.25, 0.3) is 0 Å². The highest BCUT2D eigenvalue weighted by Crippen LogP contribution is 2.41. The lowest BCUT2D eigenvalue weighted by atomic mass is 10.2. The monoisotopic (exact) mass is 774 g/mol. The van der Waals surface area contributed by atoms with Crippen LogP contribution in [0.15, 0.2) is 60.7 Å². The maximum atomic E-state index is 6.73. The lowest BCUT2D eigenvalue weighted by molar-refractivity contribution is 0.119. The second-order valence-electron chi connectivity index (χ2n) is 19.9. The molecule has 0 atom stereocenters. The number of hydrogen-bond donors (Lipinski definition) is 0. The molecule has 286 valence electrons. The molecule has 2 rings (SSSR count). The van der Waals surface area contributed by atoms with E-state index in [-0.39, 0.29) is 24.7 Å². The lowest BCUT2D eigenvalue weighted by Gasteiger charge is -2.38. The van der Waals surface area contributed by atoms with Crippen LogP contribution in [-0.2, 0) is 13.3 Å². The summed E-state index contributed by atoms with van der Waals surface area (Å²) in [6.45, 7) is 34.8. The first-order chi connectivity index (χ1) is 22.8. The van der Waals surface area contributed by atoms with Crippen molar-refractivity contribution in [2.75, 3.05) is 6.16 Å². The van der Waals surface area contributed by atoms with Crippen molar-refractivity contribution < 1.29 is 13.3 Å². The highest BCUT2D eigenvalue weighted by molar-refractivity contribution is 7.73. The summed E-state index contributed by atoms with van der Waals surface area (Å²) >= 11 is 0. The van der Waals surface area contributed by atoms with Crippen molar-refractivity contribution in [3.05, 3.63) is 60.7 Å². The molecular weight excluding hydrogens is 696 g/mol. The number of rotatable bonds is 21. The molecule has 0 heterocycles. The molecule has 0 aliphatic rings. The van der Waals surface area contributed by atoms with Gasteiger partial charge in [-0.05, 0) is 144 Å². The van der Waals surface area contributed by atoms with E-state index in [0.717, 1.165) is 0 Å². The molecule has 2 aromatic carbocycles. The average molecular weight is 775 g/mol. The fraction of sp³-hybridized carbons (Fsp3) is 0.714. The van der Waals surface area contributed by atoms with E-state index in [4.69, 9.17) is 13.3 Å². The molecule has 0 N–H and O–H groups in total. The van der Waals surface area contributed by atoms with Crippen LogP contribution in [0, 0.1) is 0 Å². The Kier molecular flexibility index (Phi) is 17.6. The van der Waals surface area contributed by atoms with Crippen LogP contribution in [0.3, 0.4) is 0 Å². The van der Waals surface area contributed by atoms with E-state index in [1.165, 1.54) is 84.8 Å². The van der Waals surface area contributed by atoms with Crippen LogP contribution >= 0.6 is 7.92 Å². The third-order valence-corrected chi connectivity index (χ3v) is 25.9. The molecule has 0 aromatic heterocycles. The second kappa shape index (κ2) is 19.3. The van der Waals surface area contributed by atoms with Crippen LogP contribution in [0.5, 0.6) is 0 Å². The molecule has 0 unspecified atom stereocenters. The van der Waals surface area contributed by atoms with Crippen LogP contribution in [0.4, 0.5) is 0 Å². The third-order valence-electron chi connectivity index (χ3n) is 9.43. The van der Waals surface area contributed by atoms with Gasteiger partial charge >= 0.3 is 0 Å². The minimum atomic E-state index is -1.75. The quantitative estimate of drug-likeness (QED) is 0.0934. The standard InChI is InChI=1S/C42H79O3PSi4/c1-40(2,3)43-47(10,11)31-23-35-50(36-24-32-48(12,13)44-41(4,5)6,37-25-33-49(14,15)45-42(7,8)9)34-22-30-46(38-26-18-16-19-27-38)39-28-20-17-21-29-39/h16-21,26-29H,22-25,30-37H2,1-15H3. The zero-order chi connectivity index (χ0) is 37.9. The Hall–Kier alpha value is -0.382. The normalized spacial score (nSPS) is 14.1. The third kappa shape index (κ3) is 19.6. The summed E-state index contributed by atoms with van der Waals surface area (Å²) in [5.41, 5.74) is -0.200. The molecule has 0 aliphatic carbocycles. The predicted octanol–water partition coefficient (Wildman–Crippen LogP) is 13.2. The van der Waals surface area contributed by atoms with Crippen molar-refractivity contribution in [2.24, 2.45) is 0 Å². The molecule has 2 aromatic rings. The summed E-state index contributed by atoms with van der Waals surface area (Å²) in [5, 5.41) is 3.04. The van der Waals surface area contributed by atoms with E-state index in [1.807, 2.05) is 0 Å². The summed E-state index contributed by atoms with van der Waals surface area (Å²) < 4.78 is 20.2. The van der Waals surface area contributed by atoms with Gasteiger partial charge in [0.25, 0.3) is 0 Å². The molecule has 3 nitrogen and oxygen atoms in total. The predicted molar refractivity (Wildman–Crippen MR) is 237 cm³/mol. The first kappa shape index (κ1) is 45.8. The van der Waals surface area contributed by atoms with Gasteiger partial charge in [-0.25, -0.2) is 0 Å². The van der Waals surface area contributed by atoms with Crippen LogP contribution in [0.2, 0.25) is 81.6 Å². The van der Waals surface area contributed by atoms with Gasteiger partial charge in [-0.2, -0.15) is 0 Å². The minimum Gasteiger partial charge on any atom is -0.413 e. The van der Waals surface area contributed by atoms with Gasteiger partial charge in [-0.3, -0.25) is 0 Å². The van der Waals surface area contributed by atoms with Crippen molar-refractivity contribution in [1.29, 1.82) is 0 Å². The van der Waals surface area contributed by atoms with Crippen molar-refractivity contribution in [1.82, 2.24) is 0 Å². The van der Waals surface area contributed by atoms with Gasteiger partial charge in [0.15, 0.2) is 25.0 Å². The molecule has 0 spiro atoms. The summed E-state index contributed by atoms with van der Waals surface area (Å²) in [6.07, 6.45) is 6.59. The van der Waals surface area contributed by atoms with Gasteiger partial charge in [0.05, 0.1) is 8.07 Å². The van der Waals surface area contributed by atoms with Crippen LogP contribution in [0.1, 0.15) is 88.0 Å². The molecule has 0 aliphatic heterocycles. The van der Waals surface area contributed by atoms with Gasteiger partial charge in [-0.1, -0.05) is 111 Å². The molecular formula is C42H79O3PSi4. The summed E-state index contributed by atoms with van der Waals surface area (Å²) in [5.74, 6) is 0. The fourth-order valence-corrected chi connectivity index (χ4v) is 25.6. The van der Waals surface area contributed by atoms with E-state index in [2.05, 4.69) is 162 Å². The van der Waals surface area contributed by atoms with E-state index in [0.29, 0.717) is 0 Å². The summed E-state index contributed by atoms with van der Waals surface area (Å²) in [4.78, 5) is 0.